The van der Waals surface area contributed by atoms with Crippen LogP contribution < -0.4 is 0 Å². The maximum absolute atomic E-state index is 2.35. The van der Waals surface area contributed by atoms with Crippen molar-refractivity contribution in [1.82, 2.24) is 9.13 Å². The number of para-hydroxylation sites is 2. The smallest absolute Gasteiger partial charge is 0.0489 e. The Morgan fingerprint density at radius 1 is 0.400 bits per heavy atom. The van der Waals surface area contributed by atoms with Crippen LogP contribution in [0, 0.1) is 6.92 Å². The fourth-order valence-electron chi connectivity index (χ4n) is 5.81. The van der Waals surface area contributed by atoms with E-state index in [0.29, 0.717) is 0 Å². The van der Waals surface area contributed by atoms with Crippen molar-refractivity contribution in [3.05, 3.63) is 109 Å². The van der Waals surface area contributed by atoms with Gasteiger partial charge in [-0.3, -0.25) is 0 Å². The third kappa shape index (κ3) is 2.96. The van der Waals surface area contributed by atoms with E-state index in [9.17, 15) is 0 Å². The lowest BCUT2D eigenvalue weighted by molar-refractivity contribution is 1.01. The minimum Gasteiger partial charge on any atom is -0.344 e. The van der Waals surface area contributed by atoms with E-state index in [1.165, 1.54) is 71.4 Å². The Hall–Kier alpha value is -4.30. The number of rotatable bonds is 2. The van der Waals surface area contributed by atoms with Gasteiger partial charge in [-0.05, 0) is 77.2 Å². The second kappa shape index (κ2) is 7.35. The van der Waals surface area contributed by atoms with Crippen LogP contribution in [0.1, 0.15) is 5.56 Å². The van der Waals surface area contributed by atoms with E-state index >= 15 is 0 Å². The van der Waals surface area contributed by atoms with E-state index in [1.54, 1.807) is 0 Å². The summed E-state index contributed by atoms with van der Waals surface area (Å²) in [5.74, 6) is 0. The lowest BCUT2D eigenvalue weighted by Gasteiger charge is -2.10. The number of aryl methyl sites for hydroxylation is 3. The van der Waals surface area contributed by atoms with E-state index in [4.69, 9.17) is 0 Å². The second-order valence-corrected chi connectivity index (χ2v) is 9.70. The Labute approximate surface area is 204 Å². The van der Waals surface area contributed by atoms with Gasteiger partial charge in [0, 0.05) is 57.7 Å². The Morgan fingerprint density at radius 3 is 1.31 bits per heavy atom. The number of nitrogens with zero attached hydrogens (tertiary/aromatic N) is 2. The van der Waals surface area contributed by atoms with Gasteiger partial charge in [0.1, 0.15) is 0 Å². The van der Waals surface area contributed by atoms with Gasteiger partial charge in [0.15, 0.2) is 0 Å². The molecule has 0 aliphatic rings. The lowest BCUT2D eigenvalue weighted by atomic mass is 9.95. The van der Waals surface area contributed by atoms with Crippen molar-refractivity contribution >= 4 is 43.6 Å². The molecule has 0 amide bonds. The van der Waals surface area contributed by atoms with E-state index in [1.807, 2.05) is 0 Å². The number of aromatic nitrogens is 2. The molecule has 2 aromatic heterocycles. The number of fused-ring (bicyclic) bond motifs is 6. The van der Waals surface area contributed by atoms with Crippen molar-refractivity contribution in [2.24, 2.45) is 14.1 Å². The van der Waals surface area contributed by atoms with Crippen LogP contribution in [0.2, 0.25) is 0 Å². The molecule has 2 heteroatoms. The summed E-state index contributed by atoms with van der Waals surface area (Å²) in [6.45, 7) is 2.19. The van der Waals surface area contributed by atoms with E-state index in [-0.39, 0.29) is 0 Å². The first-order valence-electron chi connectivity index (χ1n) is 12.2. The van der Waals surface area contributed by atoms with Crippen LogP contribution in [-0.2, 0) is 14.1 Å². The van der Waals surface area contributed by atoms with Crippen LogP contribution in [0.25, 0.3) is 65.9 Å². The van der Waals surface area contributed by atoms with Gasteiger partial charge in [-0.1, -0.05) is 60.7 Å². The zero-order valence-electron chi connectivity index (χ0n) is 20.2. The Morgan fingerprint density at radius 2 is 0.829 bits per heavy atom. The molecule has 168 valence electrons. The first kappa shape index (κ1) is 20.1. The summed E-state index contributed by atoms with van der Waals surface area (Å²) < 4.78 is 4.57. The number of hydrogen-bond donors (Lipinski definition) is 0. The maximum atomic E-state index is 2.35. The summed E-state index contributed by atoms with van der Waals surface area (Å²) in [5.41, 5.74) is 11.4. The maximum Gasteiger partial charge on any atom is 0.0489 e. The van der Waals surface area contributed by atoms with Crippen LogP contribution >= 0.6 is 0 Å². The monoisotopic (exact) mass is 450 g/mol. The molecule has 0 saturated carbocycles. The molecule has 0 saturated heterocycles. The largest absolute Gasteiger partial charge is 0.344 e. The van der Waals surface area contributed by atoms with Gasteiger partial charge < -0.3 is 9.13 Å². The quantitative estimate of drug-likeness (QED) is 0.249. The molecule has 0 radical (unpaired) electrons. The Bertz CT molecular complexity index is 1790. The van der Waals surface area contributed by atoms with Gasteiger partial charge in [-0.2, -0.15) is 0 Å². The predicted octanol–water partition coefficient (Wildman–Crippen LogP) is 8.62. The normalized spacial score (nSPS) is 11.9. The first-order chi connectivity index (χ1) is 17.1. The van der Waals surface area contributed by atoms with Crippen molar-refractivity contribution in [2.45, 2.75) is 6.92 Å². The molecule has 7 aromatic rings. The fraction of sp³-hybridized carbons (Fsp3) is 0.0909. The molecule has 0 fully saturated rings. The molecule has 0 aliphatic heterocycles. The third-order valence-electron chi connectivity index (χ3n) is 7.57. The Kier molecular flexibility index (Phi) is 4.22. The van der Waals surface area contributed by atoms with Crippen LogP contribution in [0.5, 0.6) is 0 Å². The molecule has 0 bridgehead atoms. The SMILES string of the molecule is Cc1cc(-c2ccc3c(c2)c2ccccc2n3C)cc(-c2ccc3c(c2)c2ccccc2n3C)c1. The molecule has 0 N–H and O–H groups in total. The molecule has 0 spiro atoms. The highest BCUT2D eigenvalue weighted by molar-refractivity contribution is 6.10. The van der Waals surface area contributed by atoms with Gasteiger partial charge in [-0.15, -0.1) is 0 Å². The third-order valence-corrected chi connectivity index (χ3v) is 7.57. The average Bonchev–Trinajstić information content (AvgIpc) is 3.35. The minimum absolute atomic E-state index is 1.25. The highest BCUT2D eigenvalue weighted by Gasteiger charge is 2.12. The molecule has 5 aromatic carbocycles. The van der Waals surface area contributed by atoms with E-state index in [2.05, 4.69) is 133 Å². The first-order valence-corrected chi connectivity index (χ1v) is 12.2. The van der Waals surface area contributed by atoms with Crippen LogP contribution in [-0.4, -0.2) is 9.13 Å². The van der Waals surface area contributed by atoms with Crippen molar-refractivity contribution in [3.63, 3.8) is 0 Å². The molecule has 7 rings (SSSR count). The molecule has 0 aliphatic carbocycles. The standard InChI is InChI=1S/C33H26N2/c1-21-16-24(22-12-14-32-28(19-22)26-8-4-6-10-30(26)34(32)2)18-25(17-21)23-13-15-33-29(20-23)27-9-5-7-11-31(27)35(33)3/h4-20H,1-3H3. The predicted molar refractivity (Wildman–Crippen MR) is 150 cm³/mol. The van der Waals surface area contributed by atoms with Gasteiger partial charge in [0.2, 0.25) is 0 Å². The van der Waals surface area contributed by atoms with Crippen LogP contribution in [0.3, 0.4) is 0 Å². The highest BCUT2D eigenvalue weighted by Crippen LogP contribution is 2.36. The molecule has 35 heavy (non-hydrogen) atoms. The minimum atomic E-state index is 1.25. The van der Waals surface area contributed by atoms with Crippen molar-refractivity contribution in [1.29, 1.82) is 0 Å². The van der Waals surface area contributed by atoms with E-state index < -0.39 is 0 Å². The zero-order valence-corrected chi connectivity index (χ0v) is 20.2. The average molecular weight is 451 g/mol. The van der Waals surface area contributed by atoms with Gasteiger partial charge >= 0.3 is 0 Å². The summed E-state index contributed by atoms with van der Waals surface area (Å²) >= 11 is 0. The summed E-state index contributed by atoms with van der Waals surface area (Å²) in [6, 6.07) is 38.0. The number of benzene rings is 5. The molecule has 0 unspecified atom stereocenters. The van der Waals surface area contributed by atoms with Crippen molar-refractivity contribution in [3.8, 4) is 22.3 Å². The van der Waals surface area contributed by atoms with Crippen LogP contribution in [0.15, 0.2) is 103 Å². The van der Waals surface area contributed by atoms with Crippen molar-refractivity contribution in [2.75, 3.05) is 0 Å². The molecule has 2 nitrogen and oxygen atoms in total. The van der Waals surface area contributed by atoms with Gasteiger partial charge in [0.25, 0.3) is 0 Å². The molecule has 0 atom stereocenters. The second-order valence-electron chi connectivity index (χ2n) is 9.70. The molecule has 2 heterocycles. The van der Waals surface area contributed by atoms with Gasteiger partial charge in [-0.25, -0.2) is 0 Å². The van der Waals surface area contributed by atoms with Crippen LogP contribution in [0.4, 0.5) is 0 Å². The topological polar surface area (TPSA) is 9.86 Å². The van der Waals surface area contributed by atoms with E-state index in [0.717, 1.165) is 0 Å². The fourth-order valence-corrected chi connectivity index (χ4v) is 5.81. The zero-order chi connectivity index (χ0) is 23.7. The highest BCUT2D eigenvalue weighted by atomic mass is 14.9. The molecular weight excluding hydrogens is 424 g/mol. The van der Waals surface area contributed by atoms with Gasteiger partial charge in [0.05, 0.1) is 0 Å². The Balaban J connectivity index is 1.41. The summed E-state index contributed by atoms with van der Waals surface area (Å²) in [4.78, 5) is 0. The van der Waals surface area contributed by atoms with Crippen molar-refractivity contribution < 1.29 is 0 Å². The summed E-state index contributed by atoms with van der Waals surface area (Å²) in [7, 11) is 4.30. The molecular formula is C33H26N2. The summed E-state index contributed by atoms with van der Waals surface area (Å²) in [5, 5.41) is 5.23. The summed E-state index contributed by atoms with van der Waals surface area (Å²) in [6.07, 6.45) is 0. The lowest BCUT2D eigenvalue weighted by Crippen LogP contribution is -1.88. The number of hydrogen-bond acceptors (Lipinski definition) is 0.